The molecule has 1 aliphatic rings. The van der Waals surface area contributed by atoms with Gasteiger partial charge >= 0.3 is 0 Å². The topological polar surface area (TPSA) is 94.6 Å². The second kappa shape index (κ2) is 11.5. The van der Waals surface area contributed by atoms with E-state index in [1.165, 1.54) is 59.8 Å². The Bertz CT molecular complexity index is 1530. The lowest BCUT2D eigenvalue weighted by molar-refractivity contribution is 0.0705. The van der Waals surface area contributed by atoms with Crippen molar-refractivity contribution in [1.82, 2.24) is 14.5 Å². The van der Waals surface area contributed by atoms with E-state index in [9.17, 15) is 22.0 Å². The Morgan fingerprint density at radius 3 is 2.54 bits per heavy atom. The highest BCUT2D eigenvalue weighted by molar-refractivity contribution is 7.90. The average molecular weight is 556 g/mol. The summed E-state index contributed by atoms with van der Waals surface area (Å²) in [5, 5.41) is -0.219. The molecule has 0 aliphatic carbocycles. The summed E-state index contributed by atoms with van der Waals surface area (Å²) in [6.07, 6.45) is 4.27. The first-order valence-electron chi connectivity index (χ1n) is 12.5. The summed E-state index contributed by atoms with van der Waals surface area (Å²) in [6.45, 7) is 0.859. The van der Waals surface area contributed by atoms with Crippen LogP contribution in [0.25, 0.3) is 0 Å². The fourth-order valence-electron chi connectivity index (χ4n) is 4.60. The van der Waals surface area contributed by atoms with Crippen LogP contribution in [0.4, 0.5) is 8.78 Å². The van der Waals surface area contributed by atoms with E-state index in [4.69, 9.17) is 9.15 Å². The molecule has 1 saturated heterocycles. The number of carbonyl (C=O) groups excluding carboxylic acids is 1. The van der Waals surface area contributed by atoms with Crippen LogP contribution in [0.15, 0.2) is 82.7 Å². The lowest BCUT2D eigenvalue weighted by atomic mass is 10.2. The first-order chi connectivity index (χ1) is 18.8. The van der Waals surface area contributed by atoms with Crippen LogP contribution >= 0.6 is 0 Å². The summed E-state index contributed by atoms with van der Waals surface area (Å²) in [6, 6.07) is 14.3. The lowest BCUT2D eigenvalue weighted by Gasteiger charge is -2.24. The van der Waals surface area contributed by atoms with Crippen LogP contribution in [0, 0.1) is 11.6 Å². The van der Waals surface area contributed by atoms with Gasteiger partial charge in [-0.25, -0.2) is 22.2 Å². The maximum Gasteiger partial charge on any atom is 0.254 e. The van der Waals surface area contributed by atoms with Gasteiger partial charge in [0, 0.05) is 17.7 Å². The minimum atomic E-state index is -4.06. The van der Waals surface area contributed by atoms with Gasteiger partial charge in [0.15, 0.2) is 0 Å². The van der Waals surface area contributed by atoms with E-state index >= 15 is 0 Å². The van der Waals surface area contributed by atoms with Gasteiger partial charge in [0.2, 0.25) is 15.0 Å². The van der Waals surface area contributed by atoms with Crippen molar-refractivity contribution in [2.45, 2.75) is 49.5 Å². The number of furan rings is 1. The Kier molecular flexibility index (Phi) is 7.89. The Morgan fingerprint density at radius 1 is 1.05 bits per heavy atom. The highest BCUT2D eigenvalue weighted by Gasteiger charge is 2.29. The zero-order valence-corrected chi connectivity index (χ0v) is 21.8. The normalized spacial score (nSPS) is 15.5. The smallest absolute Gasteiger partial charge is 0.254 e. The van der Waals surface area contributed by atoms with Gasteiger partial charge in [0.1, 0.15) is 17.4 Å². The molecule has 0 radical (unpaired) electrons. The Labute approximate surface area is 224 Å². The molecule has 0 spiro atoms. The van der Waals surface area contributed by atoms with Crippen molar-refractivity contribution in [2.24, 2.45) is 0 Å². The van der Waals surface area contributed by atoms with Crippen molar-refractivity contribution in [3.63, 3.8) is 0 Å². The van der Waals surface area contributed by atoms with Gasteiger partial charge in [-0.2, -0.15) is 0 Å². The van der Waals surface area contributed by atoms with E-state index in [1.807, 2.05) is 0 Å². The van der Waals surface area contributed by atoms with Crippen LogP contribution in [0.5, 0.6) is 0 Å². The molecule has 39 heavy (non-hydrogen) atoms. The average Bonchev–Trinajstić information content (AvgIpc) is 3.69. The number of amides is 1. The number of carbonyl (C=O) groups is 1. The summed E-state index contributed by atoms with van der Waals surface area (Å²) < 4.78 is 67.5. The number of halogens is 2. The quantitative estimate of drug-likeness (QED) is 0.280. The summed E-state index contributed by atoms with van der Waals surface area (Å²) in [7, 11) is -4.06. The van der Waals surface area contributed by atoms with Crippen LogP contribution in [-0.4, -0.2) is 41.5 Å². The SMILES string of the molecule is O=C(c1ccc(F)cc1)N(Cc1ccco1)Cc1cnc(S(=O)(=O)Cc2ccccc2F)n1C[C@H]1CCCO1. The maximum absolute atomic E-state index is 14.3. The predicted molar refractivity (Wildman–Crippen MR) is 137 cm³/mol. The molecule has 0 unspecified atom stereocenters. The summed E-state index contributed by atoms with van der Waals surface area (Å²) in [5.41, 5.74) is 0.761. The third kappa shape index (κ3) is 6.26. The highest BCUT2D eigenvalue weighted by atomic mass is 32.2. The van der Waals surface area contributed by atoms with Crippen LogP contribution in [0.1, 0.15) is 40.2 Å². The Morgan fingerprint density at radius 2 is 1.85 bits per heavy atom. The van der Waals surface area contributed by atoms with E-state index in [0.29, 0.717) is 18.1 Å². The van der Waals surface area contributed by atoms with E-state index in [1.54, 1.807) is 22.8 Å². The molecule has 0 bridgehead atoms. The zero-order chi connectivity index (χ0) is 27.4. The number of hydrogen-bond acceptors (Lipinski definition) is 6. The molecule has 3 heterocycles. The van der Waals surface area contributed by atoms with Crippen molar-refractivity contribution in [3.8, 4) is 0 Å². The number of benzene rings is 2. The van der Waals surface area contributed by atoms with Crippen LogP contribution in [0.3, 0.4) is 0 Å². The molecule has 11 heteroatoms. The molecule has 2 aromatic heterocycles. The van der Waals surface area contributed by atoms with Crippen LogP contribution in [-0.2, 0) is 40.0 Å². The van der Waals surface area contributed by atoms with Gasteiger partial charge in [-0.1, -0.05) is 18.2 Å². The predicted octanol–water partition coefficient (Wildman–Crippen LogP) is 4.75. The van der Waals surface area contributed by atoms with E-state index in [0.717, 1.165) is 12.8 Å². The third-order valence-electron chi connectivity index (χ3n) is 6.55. The minimum absolute atomic E-state index is 0.00809. The number of aromatic nitrogens is 2. The van der Waals surface area contributed by atoms with E-state index in [-0.39, 0.29) is 42.0 Å². The molecule has 0 saturated carbocycles. The molecular weight excluding hydrogens is 528 g/mol. The van der Waals surface area contributed by atoms with Gasteiger partial charge in [0.05, 0.1) is 49.6 Å². The summed E-state index contributed by atoms with van der Waals surface area (Å²) in [5.74, 6) is -1.53. The molecule has 1 atom stereocenters. The number of nitrogens with zero attached hydrogens (tertiary/aromatic N) is 3. The van der Waals surface area contributed by atoms with E-state index < -0.39 is 33.1 Å². The highest BCUT2D eigenvalue weighted by Crippen LogP contribution is 2.24. The van der Waals surface area contributed by atoms with Crippen molar-refractivity contribution >= 4 is 15.7 Å². The van der Waals surface area contributed by atoms with Crippen molar-refractivity contribution in [2.75, 3.05) is 6.61 Å². The lowest BCUT2D eigenvalue weighted by Crippen LogP contribution is -2.32. The van der Waals surface area contributed by atoms with Crippen LogP contribution in [0.2, 0.25) is 0 Å². The molecule has 5 rings (SSSR count). The first-order valence-corrected chi connectivity index (χ1v) is 14.1. The standard InChI is InChI=1S/C28H27F2N3O5S/c29-22-11-9-20(10-12-22)27(34)32(17-24-6-3-13-37-24)16-23-15-31-28(33(23)18-25-7-4-14-38-25)39(35,36)19-21-5-1-2-8-26(21)30/h1-3,5-6,8-13,15,25H,4,7,14,16-19H2/t25-/m1/s1. The fourth-order valence-corrected chi connectivity index (χ4v) is 6.11. The number of hydrogen-bond donors (Lipinski definition) is 0. The largest absolute Gasteiger partial charge is 0.467 e. The van der Waals surface area contributed by atoms with E-state index in [2.05, 4.69) is 4.98 Å². The number of rotatable bonds is 10. The number of imidazole rings is 1. The maximum atomic E-state index is 14.3. The van der Waals surface area contributed by atoms with Crippen LogP contribution < -0.4 is 0 Å². The van der Waals surface area contributed by atoms with Gasteiger partial charge in [-0.05, 0) is 55.3 Å². The van der Waals surface area contributed by atoms with Gasteiger partial charge in [-0.15, -0.1) is 0 Å². The number of ether oxygens (including phenoxy) is 1. The third-order valence-corrected chi connectivity index (χ3v) is 8.12. The minimum Gasteiger partial charge on any atom is -0.467 e. The zero-order valence-electron chi connectivity index (χ0n) is 21.0. The molecule has 1 aliphatic heterocycles. The molecule has 0 N–H and O–H groups in total. The second-order valence-electron chi connectivity index (χ2n) is 9.38. The van der Waals surface area contributed by atoms with Crippen molar-refractivity contribution in [1.29, 1.82) is 0 Å². The molecule has 204 valence electrons. The van der Waals surface area contributed by atoms with Gasteiger partial charge in [-0.3, -0.25) is 4.79 Å². The molecule has 1 amide bonds. The summed E-state index contributed by atoms with van der Waals surface area (Å²) >= 11 is 0. The molecular formula is C28H27F2N3O5S. The first kappa shape index (κ1) is 26.8. The van der Waals surface area contributed by atoms with Gasteiger partial charge in [0.25, 0.3) is 5.91 Å². The molecule has 1 fully saturated rings. The molecule has 8 nitrogen and oxygen atoms in total. The Hall–Kier alpha value is -3.83. The van der Waals surface area contributed by atoms with Gasteiger partial charge < -0.3 is 18.6 Å². The molecule has 4 aromatic rings. The monoisotopic (exact) mass is 555 g/mol. The van der Waals surface area contributed by atoms with Crippen molar-refractivity contribution < 1.29 is 31.1 Å². The summed E-state index contributed by atoms with van der Waals surface area (Å²) in [4.78, 5) is 19.2. The number of sulfone groups is 1. The van der Waals surface area contributed by atoms with Crippen molar-refractivity contribution in [3.05, 3.63) is 107 Å². The molecule has 2 aromatic carbocycles. The Balaban J connectivity index is 1.50. The second-order valence-corrected chi connectivity index (χ2v) is 11.3. The fraction of sp³-hybridized carbons (Fsp3) is 0.286.